The highest BCUT2D eigenvalue weighted by Crippen LogP contribution is 2.34. The third-order valence-electron chi connectivity index (χ3n) is 3.45. The summed E-state index contributed by atoms with van der Waals surface area (Å²) in [5.41, 5.74) is 1.58. The second kappa shape index (κ2) is 5.07. The second-order valence-electron chi connectivity index (χ2n) is 4.60. The lowest BCUT2D eigenvalue weighted by atomic mass is 9.88. The summed E-state index contributed by atoms with van der Waals surface area (Å²) in [7, 11) is 0. The Labute approximate surface area is 106 Å². The molecule has 1 unspecified atom stereocenters. The molecule has 0 bridgehead atoms. The Morgan fingerprint density at radius 2 is 2.41 bits per heavy atom. The molecular weight excluding hydrogens is 230 g/mol. The fourth-order valence-electron chi connectivity index (χ4n) is 2.58. The standard InChI is InChI=1S/C14H17NOS/c1-3-11(13-6-8-17-14(13)5-1)9-15-10-12-4-2-7-16-12/h2,4,6-8,11,15H,1,3,5,9-10H2. The summed E-state index contributed by atoms with van der Waals surface area (Å²) in [6.07, 6.45) is 5.66. The number of furan rings is 1. The molecule has 2 aromatic rings. The van der Waals surface area contributed by atoms with E-state index in [-0.39, 0.29) is 0 Å². The summed E-state index contributed by atoms with van der Waals surface area (Å²) in [5.74, 6) is 1.71. The molecule has 3 rings (SSSR count). The van der Waals surface area contributed by atoms with Crippen LogP contribution in [0.1, 0.15) is 35.0 Å². The third kappa shape index (κ3) is 2.45. The van der Waals surface area contributed by atoms with Crippen molar-refractivity contribution in [3.8, 4) is 0 Å². The van der Waals surface area contributed by atoms with Gasteiger partial charge in [0.25, 0.3) is 0 Å². The van der Waals surface area contributed by atoms with E-state index in [1.165, 1.54) is 19.3 Å². The first-order valence-electron chi connectivity index (χ1n) is 6.23. The Kier molecular flexibility index (Phi) is 3.29. The molecule has 2 heterocycles. The first-order valence-corrected chi connectivity index (χ1v) is 7.11. The summed E-state index contributed by atoms with van der Waals surface area (Å²) in [4.78, 5) is 1.60. The van der Waals surface area contributed by atoms with Gasteiger partial charge in [0, 0.05) is 11.4 Å². The zero-order valence-corrected chi connectivity index (χ0v) is 10.6. The maximum Gasteiger partial charge on any atom is 0.117 e. The lowest BCUT2D eigenvalue weighted by Crippen LogP contribution is -2.23. The van der Waals surface area contributed by atoms with Gasteiger partial charge in [-0.05, 0) is 54.3 Å². The number of nitrogens with one attached hydrogen (secondary N) is 1. The van der Waals surface area contributed by atoms with Crippen molar-refractivity contribution >= 4 is 11.3 Å². The lowest BCUT2D eigenvalue weighted by Gasteiger charge is -2.22. The van der Waals surface area contributed by atoms with E-state index in [2.05, 4.69) is 16.8 Å². The van der Waals surface area contributed by atoms with Crippen molar-refractivity contribution in [1.29, 1.82) is 0 Å². The Morgan fingerprint density at radius 1 is 1.41 bits per heavy atom. The van der Waals surface area contributed by atoms with Crippen molar-refractivity contribution in [3.63, 3.8) is 0 Å². The van der Waals surface area contributed by atoms with Gasteiger partial charge in [-0.2, -0.15) is 0 Å². The highest BCUT2D eigenvalue weighted by molar-refractivity contribution is 7.10. The molecule has 0 saturated carbocycles. The molecule has 17 heavy (non-hydrogen) atoms. The number of thiophene rings is 1. The van der Waals surface area contributed by atoms with E-state index < -0.39 is 0 Å². The van der Waals surface area contributed by atoms with Gasteiger partial charge in [-0.1, -0.05) is 0 Å². The van der Waals surface area contributed by atoms with Crippen LogP contribution in [0.15, 0.2) is 34.3 Å². The average molecular weight is 247 g/mol. The summed E-state index contributed by atoms with van der Waals surface area (Å²) in [6.45, 7) is 1.90. The van der Waals surface area contributed by atoms with E-state index in [0.717, 1.165) is 18.8 Å². The topological polar surface area (TPSA) is 25.2 Å². The van der Waals surface area contributed by atoms with Crippen LogP contribution >= 0.6 is 11.3 Å². The van der Waals surface area contributed by atoms with Crippen LogP contribution in [0.5, 0.6) is 0 Å². The highest BCUT2D eigenvalue weighted by Gasteiger charge is 2.20. The number of hydrogen-bond donors (Lipinski definition) is 1. The van der Waals surface area contributed by atoms with E-state index in [9.17, 15) is 0 Å². The van der Waals surface area contributed by atoms with E-state index in [0.29, 0.717) is 5.92 Å². The predicted octanol–water partition coefficient (Wildman–Crippen LogP) is 3.55. The fourth-order valence-corrected chi connectivity index (χ4v) is 3.59. The monoisotopic (exact) mass is 247 g/mol. The number of hydrogen-bond acceptors (Lipinski definition) is 3. The Bertz CT molecular complexity index is 460. The molecule has 0 fully saturated rings. The zero-order valence-electron chi connectivity index (χ0n) is 9.82. The molecule has 1 aliphatic carbocycles. The Hall–Kier alpha value is -1.06. The summed E-state index contributed by atoms with van der Waals surface area (Å²) < 4.78 is 5.32. The van der Waals surface area contributed by atoms with Gasteiger partial charge in [0.15, 0.2) is 0 Å². The van der Waals surface area contributed by atoms with Crippen molar-refractivity contribution in [2.24, 2.45) is 0 Å². The molecule has 0 saturated heterocycles. The first kappa shape index (κ1) is 11.1. The molecule has 2 aromatic heterocycles. The van der Waals surface area contributed by atoms with Crippen molar-refractivity contribution < 1.29 is 4.42 Å². The average Bonchev–Trinajstić information content (AvgIpc) is 2.99. The molecule has 0 spiro atoms. The van der Waals surface area contributed by atoms with Crippen molar-refractivity contribution in [1.82, 2.24) is 5.32 Å². The van der Waals surface area contributed by atoms with Crippen LogP contribution in [0.3, 0.4) is 0 Å². The molecule has 3 heteroatoms. The molecule has 1 atom stereocenters. The third-order valence-corrected chi connectivity index (χ3v) is 4.44. The number of aryl methyl sites for hydroxylation is 1. The van der Waals surface area contributed by atoms with Crippen LogP contribution in [-0.4, -0.2) is 6.54 Å². The van der Waals surface area contributed by atoms with Crippen LogP contribution in [0.25, 0.3) is 0 Å². The van der Waals surface area contributed by atoms with Gasteiger partial charge in [0.2, 0.25) is 0 Å². The molecule has 0 aliphatic heterocycles. The molecule has 1 aliphatic rings. The van der Waals surface area contributed by atoms with Crippen LogP contribution < -0.4 is 5.32 Å². The van der Waals surface area contributed by atoms with Gasteiger partial charge in [0.1, 0.15) is 5.76 Å². The molecule has 2 nitrogen and oxygen atoms in total. The van der Waals surface area contributed by atoms with Crippen LogP contribution in [0.2, 0.25) is 0 Å². The summed E-state index contributed by atoms with van der Waals surface area (Å²) >= 11 is 1.91. The fraction of sp³-hybridized carbons (Fsp3) is 0.429. The van der Waals surface area contributed by atoms with E-state index in [1.54, 1.807) is 16.7 Å². The van der Waals surface area contributed by atoms with Crippen LogP contribution in [0, 0.1) is 0 Å². The van der Waals surface area contributed by atoms with Gasteiger partial charge in [-0.25, -0.2) is 0 Å². The molecule has 0 radical (unpaired) electrons. The van der Waals surface area contributed by atoms with Crippen LogP contribution in [0.4, 0.5) is 0 Å². The zero-order chi connectivity index (χ0) is 11.5. The minimum atomic E-state index is 0.694. The van der Waals surface area contributed by atoms with Gasteiger partial charge in [-0.3, -0.25) is 0 Å². The van der Waals surface area contributed by atoms with Crippen molar-refractivity contribution in [3.05, 3.63) is 46.0 Å². The molecule has 0 amide bonds. The minimum absolute atomic E-state index is 0.694. The Balaban J connectivity index is 1.57. The van der Waals surface area contributed by atoms with Gasteiger partial charge in [0.05, 0.1) is 12.8 Å². The number of rotatable bonds is 4. The molecule has 0 aromatic carbocycles. The quantitative estimate of drug-likeness (QED) is 0.893. The van der Waals surface area contributed by atoms with E-state index >= 15 is 0 Å². The lowest BCUT2D eigenvalue weighted by molar-refractivity contribution is 0.458. The molecular formula is C14H17NOS. The molecule has 90 valence electrons. The van der Waals surface area contributed by atoms with Crippen molar-refractivity contribution in [2.45, 2.75) is 31.7 Å². The predicted molar refractivity (Wildman–Crippen MR) is 70.4 cm³/mol. The first-order chi connectivity index (χ1) is 8.43. The van der Waals surface area contributed by atoms with Gasteiger partial charge >= 0.3 is 0 Å². The van der Waals surface area contributed by atoms with Crippen molar-refractivity contribution in [2.75, 3.05) is 6.54 Å². The molecule has 1 N–H and O–H groups in total. The summed E-state index contributed by atoms with van der Waals surface area (Å²) in [5, 5.41) is 5.73. The minimum Gasteiger partial charge on any atom is -0.468 e. The largest absolute Gasteiger partial charge is 0.468 e. The smallest absolute Gasteiger partial charge is 0.117 e. The van der Waals surface area contributed by atoms with E-state index in [4.69, 9.17) is 4.42 Å². The highest BCUT2D eigenvalue weighted by atomic mass is 32.1. The number of fused-ring (bicyclic) bond motifs is 1. The van der Waals surface area contributed by atoms with E-state index in [1.807, 2.05) is 23.5 Å². The van der Waals surface area contributed by atoms with Crippen LogP contribution in [-0.2, 0) is 13.0 Å². The maximum atomic E-state index is 5.32. The normalized spacial score (nSPS) is 19.2. The second-order valence-corrected chi connectivity index (χ2v) is 5.60. The Morgan fingerprint density at radius 3 is 3.29 bits per heavy atom. The SMILES string of the molecule is c1coc(CNCC2CCCc3sccc32)c1. The van der Waals surface area contributed by atoms with Gasteiger partial charge in [-0.15, -0.1) is 11.3 Å². The summed E-state index contributed by atoms with van der Waals surface area (Å²) in [6, 6.07) is 6.26. The van der Waals surface area contributed by atoms with Gasteiger partial charge < -0.3 is 9.73 Å². The maximum absolute atomic E-state index is 5.32.